The molecule has 7 nitrogen and oxygen atoms in total. The SMILES string of the molecule is O=C(Nc1cc(-c2cccs2)[nH]n1)C1CCN(S(=O)(=O)c2cc(Cl)ccc2Cl)CC1. The van der Waals surface area contributed by atoms with Gasteiger partial charge in [0.25, 0.3) is 0 Å². The third-order valence-electron chi connectivity index (χ3n) is 4.95. The summed E-state index contributed by atoms with van der Waals surface area (Å²) in [6.07, 6.45) is 0.816. The molecular weight excluding hydrogens is 467 g/mol. The zero-order valence-corrected chi connectivity index (χ0v) is 18.8. The summed E-state index contributed by atoms with van der Waals surface area (Å²) in [5.41, 5.74) is 0.833. The molecule has 0 bridgehead atoms. The van der Waals surface area contributed by atoms with Crippen molar-refractivity contribution in [3.05, 3.63) is 51.8 Å². The van der Waals surface area contributed by atoms with E-state index in [9.17, 15) is 13.2 Å². The third-order valence-corrected chi connectivity index (χ3v) is 8.47. The summed E-state index contributed by atoms with van der Waals surface area (Å²) >= 11 is 13.6. The van der Waals surface area contributed by atoms with Crippen molar-refractivity contribution in [3.63, 3.8) is 0 Å². The van der Waals surface area contributed by atoms with Gasteiger partial charge in [0.05, 0.1) is 15.6 Å². The van der Waals surface area contributed by atoms with Gasteiger partial charge in [-0.1, -0.05) is 29.3 Å². The average molecular weight is 485 g/mol. The molecule has 1 amide bonds. The van der Waals surface area contributed by atoms with Crippen molar-refractivity contribution < 1.29 is 13.2 Å². The van der Waals surface area contributed by atoms with Crippen LogP contribution in [0.1, 0.15) is 12.8 Å². The number of rotatable bonds is 5. The molecule has 2 N–H and O–H groups in total. The lowest BCUT2D eigenvalue weighted by Gasteiger charge is -2.30. The number of anilines is 1. The predicted octanol–water partition coefficient (Wildman–Crippen LogP) is 4.48. The van der Waals surface area contributed by atoms with Crippen LogP contribution in [0.25, 0.3) is 10.6 Å². The van der Waals surface area contributed by atoms with Crippen LogP contribution < -0.4 is 5.32 Å². The monoisotopic (exact) mass is 484 g/mol. The van der Waals surface area contributed by atoms with Crippen molar-refractivity contribution in [1.29, 1.82) is 0 Å². The Balaban J connectivity index is 1.38. The number of nitrogens with one attached hydrogen (secondary N) is 2. The molecule has 0 radical (unpaired) electrons. The van der Waals surface area contributed by atoms with Gasteiger partial charge in [0.2, 0.25) is 15.9 Å². The fraction of sp³-hybridized carbons (Fsp3) is 0.263. The van der Waals surface area contributed by atoms with Crippen LogP contribution in [0.3, 0.4) is 0 Å². The summed E-state index contributed by atoms with van der Waals surface area (Å²) in [5.74, 6) is -0.0191. The molecule has 1 saturated heterocycles. The topological polar surface area (TPSA) is 95.2 Å². The van der Waals surface area contributed by atoms with Crippen LogP contribution in [0.15, 0.2) is 46.7 Å². The quantitative estimate of drug-likeness (QED) is 0.557. The Morgan fingerprint density at radius 3 is 2.67 bits per heavy atom. The second kappa shape index (κ2) is 8.68. The molecule has 1 fully saturated rings. The molecule has 0 saturated carbocycles. The molecule has 3 heterocycles. The number of carbonyl (C=O) groups is 1. The minimum Gasteiger partial charge on any atom is -0.309 e. The lowest BCUT2D eigenvalue weighted by molar-refractivity contribution is -0.120. The summed E-state index contributed by atoms with van der Waals surface area (Å²) in [4.78, 5) is 13.6. The zero-order chi connectivity index (χ0) is 21.3. The number of aromatic nitrogens is 2. The van der Waals surface area contributed by atoms with E-state index in [4.69, 9.17) is 23.2 Å². The summed E-state index contributed by atoms with van der Waals surface area (Å²) in [6, 6.07) is 10.0. The minimum atomic E-state index is -3.78. The first-order valence-electron chi connectivity index (χ1n) is 9.20. The molecule has 158 valence electrons. The van der Waals surface area contributed by atoms with Crippen LogP contribution in [-0.2, 0) is 14.8 Å². The number of aromatic amines is 1. The van der Waals surface area contributed by atoms with Gasteiger partial charge in [-0.25, -0.2) is 8.42 Å². The standard InChI is InChI=1S/C19H18Cl2N4O3S2/c20-13-3-4-14(21)17(10-13)30(27,28)25-7-5-12(6-8-25)19(26)22-18-11-15(23-24-18)16-2-1-9-29-16/h1-4,9-12H,5-8H2,(H2,22,23,24,26). The smallest absolute Gasteiger partial charge is 0.244 e. The average Bonchev–Trinajstić information content (AvgIpc) is 3.41. The molecule has 30 heavy (non-hydrogen) atoms. The van der Waals surface area contributed by atoms with E-state index >= 15 is 0 Å². The Bertz CT molecular complexity index is 1150. The molecule has 0 aliphatic carbocycles. The second-order valence-corrected chi connectivity index (χ2v) is 10.6. The van der Waals surface area contributed by atoms with Crippen molar-refractivity contribution in [3.8, 4) is 10.6 Å². The number of halogens is 2. The number of hydrogen-bond donors (Lipinski definition) is 2. The van der Waals surface area contributed by atoms with Gasteiger partial charge in [-0.3, -0.25) is 9.89 Å². The van der Waals surface area contributed by atoms with Crippen LogP contribution in [0.2, 0.25) is 10.0 Å². The Kier molecular flexibility index (Phi) is 6.17. The number of amides is 1. The Morgan fingerprint density at radius 2 is 1.97 bits per heavy atom. The normalized spacial score (nSPS) is 15.9. The van der Waals surface area contributed by atoms with Gasteiger partial charge >= 0.3 is 0 Å². The molecule has 0 unspecified atom stereocenters. The number of H-pyrrole nitrogens is 1. The second-order valence-electron chi connectivity index (χ2n) is 6.89. The fourth-order valence-electron chi connectivity index (χ4n) is 3.34. The van der Waals surface area contributed by atoms with E-state index in [2.05, 4.69) is 15.5 Å². The minimum absolute atomic E-state index is 0.0165. The van der Waals surface area contributed by atoms with Crippen molar-refractivity contribution in [2.45, 2.75) is 17.7 Å². The van der Waals surface area contributed by atoms with Gasteiger partial charge in [-0.2, -0.15) is 9.40 Å². The molecule has 3 aromatic rings. The van der Waals surface area contributed by atoms with E-state index in [-0.39, 0.29) is 34.8 Å². The first kappa shape index (κ1) is 21.3. The number of benzene rings is 1. The Hall–Kier alpha value is -1.91. The predicted molar refractivity (Wildman–Crippen MR) is 118 cm³/mol. The van der Waals surface area contributed by atoms with Gasteiger partial charge in [-0.05, 0) is 42.5 Å². The first-order valence-corrected chi connectivity index (χ1v) is 12.3. The van der Waals surface area contributed by atoms with Crippen LogP contribution in [0, 0.1) is 5.92 Å². The number of sulfonamides is 1. The number of nitrogens with zero attached hydrogens (tertiary/aromatic N) is 2. The van der Waals surface area contributed by atoms with Gasteiger partial charge in [-0.15, -0.1) is 11.3 Å². The first-order chi connectivity index (χ1) is 14.3. The van der Waals surface area contributed by atoms with Gasteiger partial charge in [0.15, 0.2) is 5.82 Å². The number of hydrogen-bond acceptors (Lipinski definition) is 5. The van der Waals surface area contributed by atoms with Crippen molar-refractivity contribution >= 4 is 56.3 Å². The van der Waals surface area contributed by atoms with E-state index < -0.39 is 10.0 Å². The van der Waals surface area contributed by atoms with Gasteiger partial charge < -0.3 is 5.32 Å². The molecule has 0 atom stereocenters. The maximum Gasteiger partial charge on any atom is 0.244 e. The summed E-state index contributed by atoms with van der Waals surface area (Å²) in [7, 11) is -3.78. The lowest BCUT2D eigenvalue weighted by Crippen LogP contribution is -2.41. The molecule has 1 aliphatic rings. The summed E-state index contributed by atoms with van der Waals surface area (Å²) in [5, 5.41) is 12.2. The number of thiophene rings is 1. The highest BCUT2D eigenvalue weighted by atomic mass is 35.5. The zero-order valence-electron chi connectivity index (χ0n) is 15.6. The largest absolute Gasteiger partial charge is 0.309 e. The lowest BCUT2D eigenvalue weighted by atomic mass is 9.97. The van der Waals surface area contributed by atoms with Crippen molar-refractivity contribution in [2.24, 2.45) is 5.92 Å². The molecule has 2 aromatic heterocycles. The van der Waals surface area contributed by atoms with E-state index in [1.54, 1.807) is 23.5 Å². The van der Waals surface area contributed by atoms with E-state index in [0.717, 1.165) is 10.6 Å². The van der Waals surface area contributed by atoms with E-state index in [1.807, 2.05) is 17.5 Å². The van der Waals surface area contributed by atoms with Crippen LogP contribution >= 0.6 is 34.5 Å². The molecule has 1 aliphatic heterocycles. The Morgan fingerprint density at radius 1 is 1.20 bits per heavy atom. The maximum absolute atomic E-state index is 12.9. The van der Waals surface area contributed by atoms with E-state index in [1.165, 1.54) is 16.4 Å². The van der Waals surface area contributed by atoms with Crippen LogP contribution in [0.4, 0.5) is 5.82 Å². The molecule has 11 heteroatoms. The molecule has 1 aromatic carbocycles. The van der Waals surface area contributed by atoms with Gasteiger partial charge in [0.1, 0.15) is 4.90 Å². The highest BCUT2D eigenvalue weighted by Crippen LogP contribution is 2.31. The fourth-order valence-corrected chi connectivity index (χ4v) is 6.24. The van der Waals surface area contributed by atoms with Crippen molar-refractivity contribution in [2.75, 3.05) is 18.4 Å². The number of piperidine rings is 1. The molecule has 4 rings (SSSR count). The molecular formula is C19H18Cl2N4O3S2. The van der Waals surface area contributed by atoms with E-state index in [0.29, 0.717) is 23.7 Å². The Labute approximate surface area is 188 Å². The van der Waals surface area contributed by atoms with Gasteiger partial charge in [0, 0.05) is 30.1 Å². The maximum atomic E-state index is 12.9. The molecule has 0 spiro atoms. The van der Waals surface area contributed by atoms with Crippen LogP contribution in [-0.4, -0.2) is 41.9 Å². The van der Waals surface area contributed by atoms with Crippen LogP contribution in [0.5, 0.6) is 0 Å². The van der Waals surface area contributed by atoms with Crippen molar-refractivity contribution in [1.82, 2.24) is 14.5 Å². The third kappa shape index (κ3) is 4.40. The highest BCUT2D eigenvalue weighted by Gasteiger charge is 2.33. The summed E-state index contributed by atoms with van der Waals surface area (Å²) < 4.78 is 27.2. The number of carbonyl (C=O) groups excluding carboxylic acids is 1. The highest BCUT2D eigenvalue weighted by molar-refractivity contribution is 7.89. The summed E-state index contributed by atoms with van der Waals surface area (Å²) in [6.45, 7) is 0.453.